The number of aliphatic hydroxyl groups excluding tert-OH is 2. The molecule has 0 aliphatic carbocycles. The van der Waals surface area contributed by atoms with Gasteiger partial charge < -0.3 is 20.8 Å². The molecule has 39 heavy (non-hydrogen) atoms. The highest BCUT2D eigenvalue weighted by molar-refractivity contribution is 6.42. The Kier molecular flexibility index (Phi) is 15.0. The molecule has 4 atom stereocenters. The minimum Gasteiger partial charge on any atom is -0.388 e. The highest BCUT2D eigenvalue weighted by atomic mass is 35.5. The second-order valence-electron chi connectivity index (χ2n) is 10.2. The van der Waals surface area contributed by atoms with E-state index in [1.807, 2.05) is 32.0 Å². The first kappa shape index (κ1) is 34.9. The lowest BCUT2D eigenvalue weighted by atomic mass is 9.96. The molecule has 0 radical (unpaired) electrons. The van der Waals surface area contributed by atoms with Crippen LogP contribution in [0.1, 0.15) is 59.1 Å². The van der Waals surface area contributed by atoms with Crippen LogP contribution in [0.15, 0.2) is 48.5 Å². The Balaban J connectivity index is 0.00000380. The molecular formula is C30H45Cl2N3O4. The van der Waals surface area contributed by atoms with Gasteiger partial charge in [0.1, 0.15) is 6.10 Å². The van der Waals surface area contributed by atoms with Crippen LogP contribution in [0, 0.1) is 5.92 Å². The van der Waals surface area contributed by atoms with E-state index < -0.39 is 24.2 Å². The molecule has 2 aromatic carbocycles. The van der Waals surface area contributed by atoms with Crippen molar-refractivity contribution in [3.05, 3.63) is 69.7 Å². The number of hydrogen-bond donors (Lipinski definition) is 4. The number of likely N-dealkylation sites (tertiary alicyclic amines) is 1. The summed E-state index contributed by atoms with van der Waals surface area (Å²) in [6, 6.07) is 14.1. The van der Waals surface area contributed by atoms with Gasteiger partial charge in [0.25, 0.3) is 5.91 Å². The minimum atomic E-state index is -1.71. The molecule has 1 saturated heterocycles. The Labute approximate surface area is 243 Å². The molecule has 0 spiro atoms. The van der Waals surface area contributed by atoms with Gasteiger partial charge in [0.05, 0.1) is 16.1 Å². The molecule has 0 aromatic heterocycles. The van der Waals surface area contributed by atoms with Gasteiger partial charge in [-0.1, -0.05) is 88.3 Å². The van der Waals surface area contributed by atoms with Gasteiger partial charge in [0, 0.05) is 32.1 Å². The average molecular weight is 583 g/mol. The van der Waals surface area contributed by atoms with Crippen LogP contribution < -0.4 is 10.6 Å². The van der Waals surface area contributed by atoms with Gasteiger partial charge >= 0.3 is 0 Å². The Morgan fingerprint density at radius 3 is 2.36 bits per heavy atom. The predicted molar refractivity (Wildman–Crippen MR) is 160 cm³/mol. The van der Waals surface area contributed by atoms with E-state index in [0.29, 0.717) is 34.5 Å². The fraction of sp³-hybridized carbons (Fsp3) is 0.533. The summed E-state index contributed by atoms with van der Waals surface area (Å²) in [6.07, 6.45) is -1.33. The Morgan fingerprint density at radius 2 is 1.72 bits per heavy atom. The Morgan fingerprint density at radius 1 is 1.03 bits per heavy atom. The van der Waals surface area contributed by atoms with Crippen LogP contribution in [-0.2, 0) is 22.6 Å². The average Bonchev–Trinajstić information content (AvgIpc) is 3.30. The van der Waals surface area contributed by atoms with E-state index >= 15 is 0 Å². The summed E-state index contributed by atoms with van der Waals surface area (Å²) in [5.41, 5.74) is 1.91. The number of nitrogens with zero attached hydrogens (tertiary/aromatic N) is 1. The van der Waals surface area contributed by atoms with Crippen LogP contribution in [0.3, 0.4) is 0 Å². The molecule has 4 N–H and O–H groups in total. The fourth-order valence-corrected chi connectivity index (χ4v) is 4.79. The lowest BCUT2D eigenvalue weighted by Gasteiger charge is -2.28. The number of halogens is 2. The van der Waals surface area contributed by atoms with E-state index in [2.05, 4.69) is 27.7 Å². The highest BCUT2D eigenvalue weighted by Gasteiger charge is 2.34. The van der Waals surface area contributed by atoms with Crippen molar-refractivity contribution in [3.63, 3.8) is 0 Å². The molecule has 2 amide bonds. The van der Waals surface area contributed by atoms with Crippen LogP contribution >= 0.6 is 23.2 Å². The van der Waals surface area contributed by atoms with Crippen LogP contribution in [0.2, 0.25) is 10.0 Å². The van der Waals surface area contributed by atoms with Crippen molar-refractivity contribution >= 4 is 35.0 Å². The van der Waals surface area contributed by atoms with Crippen LogP contribution in [-0.4, -0.2) is 64.3 Å². The van der Waals surface area contributed by atoms with Crippen molar-refractivity contribution in [2.45, 2.75) is 85.2 Å². The summed E-state index contributed by atoms with van der Waals surface area (Å²) in [5, 5.41) is 28.1. The molecule has 9 heteroatoms. The zero-order valence-electron chi connectivity index (χ0n) is 21.4. The molecule has 0 bridgehead atoms. The first-order valence-electron chi connectivity index (χ1n) is 12.8. The molecule has 1 fully saturated rings. The van der Waals surface area contributed by atoms with Crippen LogP contribution in [0.4, 0.5) is 0 Å². The van der Waals surface area contributed by atoms with Gasteiger partial charge in [-0.05, 0) is 48.4 Å². The highest BCUT2D eigenvalue weighted by Crippen LogP contribution is 2.24. The second-order valence-corrected chi connectivity index (χ2v) is 11.0. The van der Waals surface area contributed by atoms with Crippen molar-refractivity contribution in [3.8, 4) is 0 Å². The standard InChI is InChI=1S/C28H37Cl2N3O4.2CH4/c1-18(2)8-11-25(34)32-24(15-20-9-10-22(29)23(30)14-20)26(35)27(36)28(37)31-21-12-13-33(17-21)16-19-6-4-3-5-7-19;;/h3-7,9-10,14,18,21,24,26-27,35-36H,8,11-13,15-17H2,1-2H3,(H,31,37)(H,32,34);2*1H4. The van der Waals surface area contributed by atoms with Crippen LogP contribution in [0.25, 0.3) is 0 Å². The van der Waals surface area contributed by atoms with E-state index in [-0.39, 0.29) is 39.6 Å². The van der Waals surface area contributed by atoms with Crippen molar-refractivity contribution in [2.24, 2.45) is 5.92 Å². The second kappa shape index (κ2) is 16.8. The molecule has 3 rings (SSSR count). The fourth-order valence-electron chi connectivity index (χ4n) is 4.47. The van der Waals surface area contributed by atoms with Gasteiger partial charge in [-0.2, -0.15) is 0 Å². The van der Waals surface area contributed by atoms with Crippen molar-refractivity contribution in [2.75, 3.05) is 13.1 Å². The summed E-state index contributed by atoms with van der Waals surface area (Å²) in [5.74, 6) is -0.569. The zero-order valence-corrected chi connectivity index (χ0v) is 22.9. The maximum absolute atomic E-state index is 12.9. The van der Waals surface area contributed by atoms with Gasteiger partial charge in [0.2, 0.25) is 5.91 Å². The number of benzene rings is 2. The number of amides is 2. The minimum absolute atomic E-state index is 0. The maximum Gasteiger partial charge on any atom is 0.251 e. The van der Waals surface area contributed by atoms with Crippen molar-refractivity contribution in [1.29, 1.82) is 0 Å². The van der Waals surface area contributed by atoms with E-state index in [1.165, 1.54) is 5.56 Å². The van der Waals surface area contributed by atoms with Gasteiger partial charge in [-0.15, -0.1) is 0 Å². The van der Waals surface area contributed by atoms with E-state index in [0.717, 1.165) is 19.5 Å². The molecular weight excluding hydrogens is 537 g/mol. The monoisotopic (exact) mass is 581 g/mol. The van der Waals surface area contributed by atoms with Crippen molar-refractivity contribution < 1.29 is 19.8 Å². The number of aliphatic hydroxyl groups is 2. The number of carbonyl (C=O) groups is 2. The summed E-state index contributed by atoms with van der Waals surface area (Å²) >= 11 is 12.2. The topological polar surface area (TPSA) is 102 Å². The summed E-state index contributed by atoms with van der Waals surface area (Å²) in [6.45, 7) is 6.31. The van der Waals surface area contributed by atoms with Crippen LogP contribution in [0.5, 0.6) is 0 Å². The van der Waals surface area contributed by atoms with Gasteiger partial charge in [-0.25, -0.2) is 0 Å². The predicted octanol–water partition coefficient (Wildman–Crippen LogP) is 4.84. The number of nitrogens with one attached hydrogen (secondary N) is 2. The number of carbonyl (C=O) groups excluding carboxylic acids is 2. The van der Waals surface area contributed by atoms with E-state index in [9.17, 15) is 19.8 Å². The number of rotatable bonds is 12. The molecule has 1 aliphatic rings. The summed E-state index contributed by atoms with van der Waals surface area (Å²) < 4.78 is 0. The zero-order chi connectivity index (χ0) is 26.9. The van der Waals surface area contributed by atoms with E-state index in [4.69, 9.17) is 23.2 Å². The molecule has 0 saturated carbocycles. The number of hydrogen-bond acceptors (Lipinski definition) is 5. The third-order valence-corrected chi connectivity index (χ3v) is 7.35. The normalized spacial score (nSPS) is 17.5. The molecule has 1 aliphatic heterocycles. The molecule has 2 aromatic rings. The smallest absolute Gasteiger partial charge is 0.251 e. The Bertz CT molecular complexity index is 1040. The first-order valence-corrected chi connectivity index (χ1v) is 13.5. The van der Waals surface area contributed by atoms with Gasteiger partial charge in [-0.3, -0.25) is 14.5 Å². The van der Waals surface area contributed by atoms with E-state index in [1.54, 1.807) is 18.2 Å². The van der Waals surface area contributed by atoms with Crippen molar-refractivity contribution in [1.82, 2.24) is 15.5 Å². The Hall–Kier alpha value is -2.16. The largest absolute Gasteiger partial charge is 0.388 e. The SMILES string of the molecule is C.C.CC(C)CCC(=O)NC(Cc1ccc(Cl)c(Cl)c1)C(O)C(O)C(=O)NC1CCN(Cc2ccccc2)C1. The first-order chi connectivity index (χ1) is 17.6. The lowest BCUT2D eigenvalue weighted by Crippen LogP contribution is -2.55. The molecule has 7 nitrogen and oxygen atoms in total. The molecule has 218 valence electrons. The summed E-state index contributed by atoms with van der Waals surface area (Å²) in [7, 11) is 0. The summed E-state index contributed by atoms with van der Waals surface area (Å²) in [4.78, 5) is 27.7. The molecule has 4 unspecified atom stereocenters. The molecule has 1 heterocycles. The third kappa shape index (κ3) is 11.1. The maximum atomic E-state index is 12.9. The quantitative estimate of drug-likeness (QED) is 0.287. The lowest BCUT2D eigenvalue weighted by molar-refractivity contribution is -0.138. The van der Waals surface area contributed by atoms with Gasteiger partial charge in [0.15, 0.2) is 6.10 Å². The third-order valence-electron chi connectivity index (χ3n) is 6.61.